The third-order valence-corrected chi connectivity index (χ3v) is 4.76. The summed E-state index contributed by atoms with van der Waals surface area (Å²) in [6.07, 6.45) is 1.07. The maximum absolute atomic E-state index is 12.4. The van der Waals surface area contributed by atoms with Crippen molar-refractivity contribution in [3.05, 3.63) is 33.8 Å². The lowest BCUT2D eigenvalue weighted by Gasteiger charge is -2.42. The van der Waals surface area contributed by atoms with Gasteiger partial charge in [-0.2, -0.15) is 0 Å². The zero-order valence-corrected chi connectivity index (χ0v) is 13.3. The van der Waals surface area contributed by atoms with Crippen LogP contribution in [0.4, 0.5) is 0 Å². The molecule has 1 amide bonds. The number of likely N-dealkylation sites (tertiary alicyclic amines) is 1. The molecule has 2 rings (SSSR count). The molecule has 2 N–H and O–H groups in total. The van der Waals surface area contributed by atoms with Crippen molar-refractivity contribution in [1.29, 1.82) is 0 Å². The Hall–Kier alpha value is -0.770. The molecule has 1 aliphatic rings. The van der Waals surface area contributed by atoms with Crippen molar-refractivity contribution in [2.45, 2.75) is 32.7 Å². The SMILES string of the molecule is CC1(C)CN(C(=O)Cc2c(Cl)cccc2Cl)CCC1N. The molecule has 1 unspecified atom stereocenters. The van der Waals surface area contributed by atoms with E-state index in [0.717, 1.165) is 6.42 Å². The number of nitrogens with two attached hydrogens (primary N) is 1. The predicted octanol–water partition coefficient (Wildman–Crippen LogP) is 3.12. The van der Waals surface area contributed by atoms with E-state index in [9.17, 15) is 4.79 Å². The van der Waals surface area contributed by atoms with Gasteiger partial charge in [0.15, 0.2) is 0 Å². The Morgan fingerprint density at radius 3 is 2.55 bits per heavy atom. The highest BCUT2D eigenvalue weighted by molar-refractivity contribution is 6.36. The van der Waals surface area contributed by atoms with E-state index in [1.807, 2.05) is 4.90 Å². The second kappa shape index (κ2) is 5.92. The summed E-state index contributed by atoms with van der Waals surface area (Å²) in [5, 5.41) is 1.08. The van der Waals surface area contributed by atoms with Crippen LogP contribution in [0.15, 0.2) is 18.2 Å². The third kappa shape index (κ3) is 3.27. The van der Waals surface area contributed by atoms with Gasteiger partial charge in [0, 0.05) is 29.2 Å². The lowest BCUT2D eigenvalue weighted by atomic mass is 9.79. The first-order valence-corrected chi connectivity index (χ1v) is 7.53. The number of carbonyl (C=O) groups excluding carboxylic acids is 1. The number of nitrogens with zero attached hydrogens (tertiary/aromatic N) is 1. The lowest BCUT2D eigenvalue weighted by molar-refractivity contribution is -0.133. The summed E-state index contributed by atoms with van der Waals surface area (Å²) >= 11 is 12.2. The predicted molar refractivity (Wildman–Crippen MR) is 83.1 cm³/mol. The number of benzene rings is 1. The van der Waals surface area contributed by atoms with Gasteiger partial charge in [0.2, 0.25) is 5.91 Å². The lowest BCUT2D eigenvalue weighted by Crippen LogP contribution is -2.54. The monoisotopic (exact) mass is 314 g/mol. The fraction of sp³-hybridized carbons (Fsp3) is 0.533. The average molecular weight is 315 g/mol. The van der Waals surface area contributed by atoms with E-state index in [4.69, 9.17) is 28.9 Å². The highest BCUT2D eigenvalue weighted by Gasteiger charge is 2.35. The van der Waals surface area contributed by atoms with Crippen LogP contribution in [-0.2, 0) is 11.2 Å². The largest absolute Gasteiger partial charge is 0.342 e. The molecule has 5 heteroatoms. The molecule has 1 saturated heterocycles. The number of rotatable bonds is 2. The third-order valence-electron chi connectivity index (χ3n) is 4.05. The number of piperidine rings is 1. The Balaban J connectivity index is 2.10. The maximum atomic E-state index is 12.4. The van der Waals surface area contributed by atoms with E-state index in [0.29, 0.717) is 28.7 Å². The van der Waals surface area contributed by atoms with E-state index in [-0.39, 0.29) is 23.8 Å². The van der Waals surface area contributed by atoms with Crippen LogP contribution in [0.3, 0.4) is 0 Å². The van der Waals surface area contributed by atoms with Crippen LogP contribution in [-0.4, -0.2) is 29.9 Å². The Bertz CT molecular complexity index is 496. The van der Waals surface area contributed by atoms with E-state index < -0.39 is 0 Å². The molecule has 1 aromatic rings. The molecule has 1 aliphatic heterocycles. The number of halogens is 2. The second-order valence-corrected chi connectivity index (χ2v) is 6.89. The van der Waals surface area contributed by atoms with Crippen LogP contribution in [0, 0.1) is 5.41 Å². The van der Waals surface area contributed by atoms with E-state index in [2.05, 4.69) is 13.8 Å². The van der Waals surface area contributed by atoms with Crippen molar-refractivity contribution in [3.8, 4) is 0 Å². The van der Waals surface area contributed by atoms with Gasteiger partial charge in [0.25, 0.3) is 0 Å². The van der Waals surface area contributed by atoms with Crippen LogP contribution in [0.5, 0.6) is 0 Å². The Morgan fingerprint density at radius 1 is 1.40 bits per heavy atom. The van der Waals surface area contributed by atoms with Crippen LogP contribution in [0.2, 0.25) is 10.0 Å². The van der Waals surface area contributed by atoms with Gasteiger partial charge in [0.1, 0.15) is 0 Å². The zero-order valence-electron chi connectivity index (χ0n) is 11.8. The van der Waals surface area contributed by atoms with Crippen molar-refractivity contribution in [2.24, 2.45) is 11.1 Å². The molecule has 0 aromatic heterocycles. The smallest absolute Gasteiger partial charge is 0.227 e. The zero-order chi connectivity index (χ0) is 14.9. The van der Waals surface area contributed by atoms with Crippen molar-refractivity contribution in [1.82, 2.24) is 4.90 Å². The van der Waals surface area contributed by atoms with Crippen molar-refractivity contribution in [3.63, 3.8) is 0 Å². The highest BCUT2D eigenvalue weighted by Crippen LogP contribution is 2.29. The number of carbonyl (C=O) groups is 1. The minimum atomic E-state index is -0.0574. The quantitative estimate of drug-likeness (QED) is 0.911. The van der Waals surface area contributed by atoms with Crippen LogP contribution < -0.4 is 5.73 Å². The molecule has 0 bridgehead atoms. The van der Waals surface area contributed by atoms with Crippen LogP contribution in [0.25, 0.3) is 0 Å². The van der Waals surface area contributed by atoms with Gasteiger partial charge in [-0.15, -0.1) is 0 Å². The van der Waals surface area contributed by atoms with Gasteiger partial charge < -0.3 is 10.6 Å². The standard InChI is InChI=1S/C15H20Cl2N2O/c1-15(2)9-19(7-6-13(15)18)14(20)8-10-11(16)4-3-5-12(10)17/h3-5,13H,6-9,18H2,1-2H3. The Labute approximate surface area is 130 Å². The molecule has 1 fully saturated rings. The summed E-state index contributed by atoms with van der Waals surface area (Å²) in [5.41, 5.74) is 6.74. The minimum Gasteiger partial charge on any atom is -0.342 e. The van der Waals surface area contributed by atoms with Gasteiger partial charge in [0.05, 0.1) is 6.42 Å². The van der Waals surface area contributed by atoms with Crippen molar-refractivity contribution in [2.75, 3.05) is 13.1 Å². The summed E-state index contributed by atoms with van der Waals surface area (Å²) in [5.74, 6) is 0.0555. The molecule has 1 heterocycles. The molecule has 110 valence electrons. The summed E-state index contributed by atoms with van der Waals surface area (Å²) < 4.78 is 0. The second-order valence-electron chi connectivity index (χ2n) is 6.08. The first-order valence-electron chi connectivity index (χ1n) is 6.77. The van der Waals surface area contributed by atoms with E-state index >= 15 is 0 Å². The summed E-state index contributed by atoms with van der Waals surface area (Å²) in [7, 11) is 0. The number of hydrogen-bond donors (Lipinski definition) is 1. The maximum Gasteiger partial charge on any atom is 0.227 e. The van der Waals surface area contributed by atoms with Gasteiger partial charge in [-0.3, -0.25) is 4.79 Å². The van der Waals surface area contributed by atoms with Gasteiger partial charge in [-0.1, -0.05) is 43.1 Å². The van der Waals surface area contributed by atoms with Crippen molar-refractivity contribution < 1.29 is 4.79 Å². The Kier molecular flexibility index (Phi) is 4.62. The molecule has 1 atom stereocenters. The van der Waals surface area contributed by atoms with Crippen molar-refractivity contribution >= 4 is 29.1 Å². The van der Waals surface area contributed by atoms with Gasteiger partial charge >= 0.3 is 0 Å². The minimum absolute atomic E-state index is 0.0555. The first-order chi connectivity index (χ1) is 9.31. The molecule has 0 aliphatic carbocycles. The van der Waals surface area contributed by atoms with Gasteiger partial charge in [-0.25, -0.2) is 0 Å². The number of amides is 1. The average Bonchev–Trinajstić information content (AvgIpc) is 2.37. The summed E-state index contributed by atoms with van der Waals surface area (Å²) in [6.45, 7) is 5.57. The molecule has 20 heavy (non-hydrogen) atoms. The summed E-state index contributed by atoms with van der Waals surface area (Å²) in [6, 6.07) is 5.43. The fourth-order valence-corrected chi connectivity index (χ4v) is 3.08. The number of hydrogen-bond acceptors (Lipinski definition) is 2. The molecule has 1 aromatic carbocycles. The normalized spacial score (nSPS) is 21.9. The molecular formula is C15H20Cl2N2O. The van der Waals surface area contributed by atoms with E-state index in [1.54, 1.807) is 18.2 Å². The van der Waals surface area contributed by atoms with Crippen LogP contribution in [0.1, 0.15) is 25.8 Å². The molecule has 0 spiro atoms. The molecule has 3 nitrogen and oxygen atoms in total. The fourth-order valence-electron chi connectivity index (χ4n) is 2.55. The molecular weight excluding hydrogens is 295 g/mol. The van der Waals surface area contributed by atoms with Crippen LogP contribution >= 0.6 is 23.2 Å². The Morgan fingerprint density at radius 2 is 2.00 bits per heavy atom. The van der Waals surface area contributed by atoms with E-state index in [1.165, 1.54) is 0 Å². The topological polar surface area (TPSA) is 46.3 Å². The van der Waals surface area contributed by atoms with Gasteiger partial charge in [-0.05, 0) is 29.5 Å². The molecule has 0 radical (unpaired) electrons. The summed E-state index contributed by atoms with van der Waals surface area (Å²) in [4.78, 5) is 14.3. The first kappa shape index (κ1) is 15.6. The highest BCUT2D eigenvalue weighted by atomic mass is 35.5. The molecule has 0 saturated carbocycles.